The molecule has 33 heavy (non-hydrogen) atoms. The summed E-state index contributed by atoms with van der Waals surface area (Å²) in [4.78, 5) is 4.34. The van der Waals surface area contributed by atoms with E-state index in [1.54, 1.807) is 17.8 Å². The second kappa shape index (κ2) is 14.5. The predicted molar refractivity (Wildman–Crippen MR) is 146 cm³/mol. The van der Waals surface area contributed by atoms with Crippen LogP contribution >= 0.6 is 11.8 Å². The maximum Gasteiger partial charge on any atom is 0.131 e. The van der Waals surface area contributed by atoms with Crippen molar-refractivity contribution in [1.29, 1.82) is 0 Å². The Morgan fingerprint density at radius 1 is 1.15 bits per heavy atom. The molecule has 0 amide bonds. The zero-order valence-electron chi connectivity index (χ0n) is 21.0. The highest BCUT2D eigenvalue weighted by molar-refractivity contribution is 8.02. The molecule has 0 aromatic heterocycles. The molecule has 180 valence electrons. The van der Waals surface area contributed by atoms with E-state index < -0.39 is 0 Å². The molecule has 1 aromatic carbocycles. The Hall–Kier alpha value is -2.66. The van der Waals surface area contributed by atoms with E-state index in [9.17, 15) is 4.39 Å². The summed E-state index contributed by atoms with van der Waals surface area (Å²) in [7, 11) is 2.00. The Bertz CT molecular complexity index is 872. The van der Waals surface area contributed by atoms with Crippen LogP contribution in [0.1, 0.15) is 37.8 Å². The highest BCUT2D eigenvalue weighted by Crippen LogP contribution is 2.22. The van der Waals surface area contributed by atoms with Gasteiger partial charge in [-0.1, -0.05) is 56.7 Å². The molecule has 1 heterocycles. The smallest absolute Gasteiger partial charge is 0.131 e. The van der Waals surface area contributed by atoms with E-state index in [0.29, 0.717) is 11.6 Å². The minimum Gasteiger partial charge on any atom is -0.377 e. The van der Waals surface area contributed by atoms with Gasteiger partial charge in [0, 0.05) is 31.7 Å². The minimum absolute atomic E-state index is 0.205. The van der Waals surface area contributed by atoms with Crippen molar-refractivity contribution in [2.75, 3.05) is 26.4 Å². The fraction of sp³-hybridized carbons (Fsp3) is 0.357. The Morgan fingerprint density at radius 3 is 2.30 bits per heavy atom. The fourth-order valence-corrected chi connectivity index (χ4v) is 3.89. The molecule has 1 N–H and O–H groups in total. The SMILES string of the molecule is C=C(/C=C/C)c1c(C)cccc1F.C=C(NC1CCN(C(=C)C(=C)N(C)/C=C\C)CC1)SC. The van der Waals surface area contributed by atoms with Crippen molar-refractivity contribution in [3.8, 4) is 0 Å². The molecule has 1 fully saturated rings. The second-order valence-electron chi connectivity index (χ2n) is 7.98. The summed E-state index contributed by atoms with van der Waals surface area (Å²) in [6, 6.07) is 5.57. The van der Waals surface area contributed by atoms with Gasteiger partial charge in [0.15, 0.2) is 0 Å². The molecule has 0 aliphatic carbocycles. The second-order valence-corrected chi connectivity index (χ2v) is 8.88. The average molecular weight is 470 g/mol. The standard InChI is InChI=1S/C16H27N3S.C12H13F/c1-7-10-18(5)13(2)14(3)19-11-8-16(9-12-19)17-15(4)20-6;1-4-6-9(2)12-10(3)7-5-8-11(12)13/h7,10,16-17H,2-4,8-9,11-12H2,1,5-6H3;4-8H,2H2,1,3H3/b10-7-;6-4+. The number of thioether (sulfide) groups is 1. The molecular formula is C28H40FN3S. The van der Waals surface area contributed by atoms with Gasteiger partial charge in [-0.25, -0.2) is 4.39 Å². The first-order valence-corrected chi connectivity index (χ1v) is 12.4. The van der Waals surface area contributed by atoms with Crippen LogP contribution in [0, 0.1) is 12.7 Å². The third-order valence-corrected chi connectivity index (χ3v) is 6.14. The number of halogens is 1. The van der Waals surface area contributed by atoms with E-state index in [-0.39, 0.29) is 5.82 Å². The van der Waals surface area contributed by atoms with Crippen LogP contribution in [-0.4, -0.2) is 42.2 Å². The summed E-state index contributed by atoms with van der Waals surface area (Å²) in [6.45, 7) is 23.9. The first kappa shape index (κ1) is 28.4. The zero-order chi connectivity index (χ0) is 25.0. The van der Waals surface area contributed by atoms with Gasteiger partial charge in [0.2, 0.25) is 0 Å². The normalized spacial score (nSPS) is 14.1. The van der Waals surface area contributed by atoms with Gasteiger partial charge in [-0.15, -0.1) is 11.8 Å². The molecule has 1 aromatic rings. The molecular weight excluding hydrogens is 429 g/mol. The van der Waals surface area contributed by atoms with Crippen LogP contribution in [0.4, 0.5) is 4.39 Å². The monoisotopic (exact) mass is 469 g/mol. The van der Waals surface area contributed by atoms with Crippen LogP contribution < -0.4 is 5.32 Å². The molecule has 5 heteroatoms. The number of piperidine rings is 1. The van der Waals surface area contributed by atoms with Gasteiger partial charge < -0.3 is 15.1 Å². The van der Waals surface area contributed by atoms with Gasteiger partial charge in [-0.3, -0.25) is 0 Å². The van der Waals surface area contributed by atoms with Gasteiger partial charge in [0.05, 0.1) is 16.4 Å². The van der Waals surface area contributed by atoms with Gasteiger partial charge in [-0.2, -0.15) is 0 Å². The molecule has 0 bridgehead atoms. The number of likely N-dealkylation sites (tertiary alicyclic amines) is 1. The average Bonchev–Trinajstić information content (AvgIpc) is 2.79. The van der Waals surface area contributed by atoms with Gasteiger partial charge in [-0.05, 0) is 63.3 Å². The van der Waals surface area contributed by atoms with E-state index in [1.165, 1.54) is 6.07 Å². The summed E-state index contributed by atoms with van der Waals surface area (Å²) >= 11 is 1.67. The number of nitrogens with zero attached hydrogens (tertiary/aromatic N) is 2. The Kier molecular flexibility index (Phi) is 12.5. The molecule has 1 saturated heterocycles. The van der Waals surface area contributed by atoms with Crippen LogP contribution in [0.25, 0.3) is 5.57 Å². The Morgan fingerprint density at radius 2 is 1.79 bits per heavy atom. The lowest BCUT2D eigenvalue weighted by Gasteiger charge is -2.37. The zero-order valence-corrected chi connectivity index (χ0v) is 21.8. The maximum atomic E-state index is 13.3. The molecule has 0 unspecified atom stereocenters. The Labute approximate surface area is 205 Å². The molecule has 0 saturated carbocycles. The highest BCUT2D eigenvalue weighted by Gasteiger charge is 2.21. The van der Waals surface area contributed by atoms with Crippen molar-refractivity contribution >= 4 is 17.3 Å². The highest BCUT2D eigenvalue weighted by atomic mass is 32.2. The topological polar surface area (TPSA) is 18.5 Å². The van der Waals surface area contributed by atoms with Crippen LogP contribution in [0.15, 0.2) is 85.4 Å². The van der Waals surface area contributed by atoms with Crippen LogP contribution in [0.2, 0.25) is 0 Å². The molecule has 0 radical (unpaired) electrons. The third kappa shape index (κ3) is 9.01. The lowest BCUT2D eigenvalue weighted by Crippen LogP contribution is -2.42. The number of nitrogens with one attached hydrogen (secondary N) is 1. The maximum absolute atomic E-state index is 13.3. The number of benzene rings is 1. The minimum atomic E-state index is -0.205. The molecule has 0 atom stereocenters. The van der Waals surface area contributed by atoms with Crippen LogP contribution in [-0.2, 0) is 0 Å². The number of hydrogen-bond acceptors (Lipinski definition) is 4. The summed E-state index contributed by atoms with van der Waals surface area (Å²) in [5.41, 5.74) is 4.23. The molecule has 0 spiro atoms. The van der Waals surface area contributed by atoms with Crippen molar-refractivity contribution < 1.29 is 4.39 Å². The first-order valence-electron chi connectivity index (χ1n) is 11.2. The number of aryl methyl sites for hydroxylation is 1. The predicted octanol–water partition coefficient (Wildman–Crippen LogP) is 7.09. The van der Waals surface area contributed by atoms with Crippen molar-refractivity contribution in [2.45, 2.75) is 39.7 Å². The van der Waals surface area contributed by atoms with E-state index >= 15 is 0 Å². The first-order chi connectivity index (χ1) is 15.7. The molecule has 1 aliphatic rings. The number of hydrogen-bond donors (Lipinski definition) is 1. The number of rotatable bonds is 9. The number of likely N-dealkylation sites (N-methyl/N-ethyl adjacent to an activating group) is 1. The summed E-state index contributed by atoms with van der Waals surface area (Å²) in [6.07, 6.45) is 11.9. The summed E-state index contributed by atoms with van der Waals surface area (Å²) in [5, 5.41) is 4.52. The van der Waals surface area contributed by atoms with E-state index in [4.69, 9.17) is 0 Å². The van der Waals surface area contributed by atoms with Gasteiger partial charge in [0.25, 0.3) is 0 Å². The summed E-state index contributed by atoms with van der Waals surface area (Å²) in [5.74, 6) is -0.205. The lowest BCUT2D eigenvalue weighted by molar-refractivity contribution is 0.248. The van der Waals surface area contributed by atoms with Gasteiger partial charge >= 0.3 is 0 Å². The fourth-order valence-electron chi connectivity index (χ4n) is 3.60. The summed E-state index contributed by atoms with van der Waals surface area (Å²) < 4.78 is 13.3. The molecule has 2 rings (SSSR count). The van der Waals surface area contributed by atoms with Crippen molar-refractivity contribution in [3.05, 3.63) is 102 Å². The van der Waals surface area contributed by atoms with Crippen LogP contribution in [0.5, 0.6) is 0 Å². The van der Waals surface area contributed by atoms with Crippen molar-refractivity contribution in [1.82, 2.24) is 15.1 Å². The third-order valence-electron chi connectivity index (χ3n) is 5.53. The van der Waals surface area contributed by atoms with E-state index in [0.717, 1.165) is 53.5 Å². The van der Waals surface area contributed by atoms with E-state index in [1.807, 2.05) is 69.5 Å². The van der Waals surface area contributed by atoms with Crippen molar-refractivity contribution in [2.24, 2.45) is 0 Å². The lowest BCUT2D eigenvalue weighted by atomic mass is 10.0. The molecule has 1 aliphatic heterocycles. The van der Waals surface area contributed by atoms with E-state index in [2.05, 4.69) is 36.5 Å². The quantitative estimate of drug-likeness (QED) is 0.389. The van der Waals surface area contributed by atoms with Crippen molar-refractivity contribution in [3.63, 3.8) is 0 Å². The van der Waals surface area contributed by atoms with Gasteiger partial charge in [0.1, 0.15) is 5.82 Å². The Balaban J connectivity index is 0.000000361. The number of allylic oxidation sites excluding steroid dienone is 4. The van der Waals surface area contributed by atoms with Crippen LogP contribution in [0.3, 0.4) is 0 Å². The largest absolute Gasteiger partial charge is 0.377 e. The molecule has 3 nitrogen and oxygen atoms in total.